The Balaban J connectivity index is 2.01. The molecule has 0 bridgehead atoms. The Morgan fingerprint density at radius 2 is 2.00 bits per heavy atom. The molecule has 88 valence electrons. The van der Waals surface area contributed by atoms with Gasteiger partial charge in [0.15, 0.2) is 0 Å². The summed E-state index contributed by atoms with van der Waals surface area (Å²) in [5.74, 6) is 0.615. The van der Waals surface area contributed by atoms with Crippen molar-refractivity contribution in [3.8, 4) is 0 Å². The highest BCUT2D eigenvalue weighted by Crippen LogP contribution is 2.37. The summed E-state index contributed by atoms with van der Waals surface area (Å²) in [4.78, 5) is 0. The zero-order valence-corrected chi connectivity index (χ0v) is 9.67. The summed E-state index contributed by atoms with van der Waals surface area (Å²) in [6, 6.07) is 6.46. The van der Waals surface area contributed by atoms with Crippen LogP contribution in [0, 0.1) is 11.7 Å². The van der Waals surface area contributed by atoms with Gasteiger partial charge in [-0.2, -0.15) is 0 Å². The number of rotatable bonds is 5. The predicted molar refractivity (Wildman–Crippen MR) is 64.8 cm³/mol. The topological polar surface area (TPSA) is 38.0 Å². The molecule has 1 atom stereocenters. The lowest BCUT2D eigenvalue weighted by Crippen LogP contribution is -2.43. The predicted octanol–water partition coefficient (Wildman–Crippen LogP) is 2.76. The van der Waals surface area contributed by atoms with Crippen molar-refractivity contribution in [1.29, 1.82) is 0 Å². The zero-order valence-electron chi connectivity index (χ0n) is 9.67. The van der Waals surface area contributed by atoms with Crippen molar-refractivity contribution in [1.82, 2.24) is 0 Å². The molecule has 1 aliphatic carbocycles. The molecule has 1 fully saturated rings. The van der Waals surface area contributed by atoms with Gasteiger partial charge in [0.1, 0.15) is 5.82 Å². The summed E-state index contributed by atoms with van der Waals surface area (Å²) in [5.41, 5.74) is 6.69. The molecule has 0 spiro atoms. The smallest absolute Gasteiger partial charge is 0.123 e. The van der Waals surface area contributed by atoms with Gasteiger partial charge < -0.3 is 11.1 Å². The molecule has 1 aromatic rings. The normalized spacial score (nSPS) is 19.2. The average molecular weight is 222 g/mol. The van der Waals surface area contributed by atoms with Crippen LogP contribution in [0.15, 0.2) is 24.3 Å². The molecule has 3 heteroatoms. The summed E-state index contributed by atoms with van der Waals surface area (Å²) < 4.78 is 12.8. The van der Waals surface area contributed by atoms with Crippen LogP contribution < -0.4 is 11.1 Å². The lowest BCUT2D eigenvalue weighted by Gasteiger charge is -2.30. The van der Waals surface area contributed by atoms with Crippen molar-refractivity contribution >= 4 is 5.69 Å². The second kappa shape index (κ2) is 4.42. The Kier molecular flexibility index (Phi) is 3.15. The van der Waals surface area contributed by atoms with Gasteiger partial charge in [-0.1, -0.05) is 12.8 Å². The fraction of sp³-hybridized carbons (Fsp3) is 0.538. The average Bonchev–Trinajstić information content (AvgIpc) is 3.05. The van der Waals surface area contributed by atoms with E-state index >= 15 is 0 Å². The van der Waals surface area contributed by atoms with E-state index in [4.69, 9.17) is 5.73 Å². The van der Waals surface area contributed by atoms with Crippen LogP contribution in [0.2, 0.25) is 0 Å². The highest BCUT2D eigenvalue weighted by Gasteiger charge is 2.32. The van der Waals surface area contributed by atoms with E-state index in [1.165, 1.54) is 25.0 Å². The van der Waals surface area contributed by atoms with Gasteiger partial charge >= 0.3 is 0 Å². The van der Waals surface area contributed by atoms with E-state index in [9.17, 15) is 4.39 Å². The van der Waals surface area contributed by atoms with Crippen LogP contribution in [0.4, 0.5) is 10.1 Å². The van der Waals surface area contributed by atoms with Gasteiger partial charge in [-0.3, -0.25) is 0 Å². The first-order chi connectivity index (χ1) is 7.61. The molecule has 16 heavy (non-hydrogen) atoms. The number of anilines is 1. The van der Waals surface area contributed by atoms with Gasteiger partial charge in [0.2, 0.25) is 0 Å². The summed E-state index contributed by atoms with van der Waals surface area (Å²) in [6.07, 6.45) is 3.74. The van der Waals surface area contributed by atoms with Crippen molar-refractivity contribution in [3.63, 3.8) is 0 Å². The highest BCUT2D eigenvalue weighted by molar-refractivity contribution is 5.45. The van der Waals surface area contributed by atoms with E-state index in [1.54, 1.807) is 12.1 Å². The molecule has 1 saturated carbocycles. The Hall–Kier alpha value is -1.09. The number of nitrogens with two attached hydrogens (primary N) is 1. The second-order valence-electron chi connectivity index (χ2n) is 5.04. The standard InChI is InChI=1S/C13H19FN2/c1-13(9-15,8-10-2-3-10)16-12-6-4-11(14)5-7-12/h4-7,10,16H,2-3,8-9,15H2,1H3. The van der Waals surface area contributed by atoms with Crippen LogP contribution in [0.25, 0.3) is 0 Å². The third-order valence-electron chi connectivity index (χ3n) is 3.18. The second-order valence-corrected chi connectivity index (χ2v) is 5.04. The van der Waals surface area contributed by atoms with E-state index in [0.29, 0.717) is 6.54 Å². The van der Waals surface area contributed by atoms with Crippen LogP contribution >= 0.6 is 0 Å². The maximum atomic E-state index is 12.8. The molecular weight excluding hydrogens is 203 g/mol. The Labute approximate surface area is 96.0 Å². The number of benzene rings is 1. The molecule has 0 aliphatic heterocycles. The molecule has 1 aromatic carbocycles. The molecule has 1 aliphatic rings. The number of halogens is 1. The van der Waals surface area contributed by atoms with Crippen LogP contribution in [-0.4, -0.2) is 12.1 Å². The lowest BCUT2D eigenvalue weighted by molar-refractivity contribution is 0.453. The maximum Gasteiger partial charge on any atom is 0.123 e. The SMILES string of the molecule is CC(CN)(CC1CC1)Nc1ccc(F)cc1. The number of hydrogen-bond donors (Lipinski definition) is 2. The first kappa shape index (κ1) is 11.4. The molecule has 0 saturated heterocycles. The Bertz CT molecular complexity index is 345. The molecular formula is C13H19FN2. The third kappa shape index (κ3) is 2.95. The van der Waals surface area contributed by atoms with Crippen molar-refractivity contribution in [3.05, 3.63) is 30.1 Å². The first-order valence-corrected chi connectivity index (χ1v) is 5.85. The minimum atomic E-state index is -0.206. The van der Waals surface area contributed by atoms with Crippen molar-refractivity contribution in [2.45, 2.75) is 31.7 Å². The van der Waals surface area contributed by atoms with Gasteiger partial charge in [-0.25, -0.2) is 4.39 Å². The summed E-state index contributed by atoms with van der Waals surface area (Å²) in [5, 5.41) is 3.41. The van der Waals surface area contributed by atoms with E-state index in [1.807, 2.05) is 0 Å². The quantitative estimate of drug-likeness (QED) is 0.804. The molecule has 0 amide bonds. The number of hydrogen-bond acceptors (Lipinski definition) is 2. The van der Waals surface area contributed by atoms with Crippen LogP contribution in [-0.2, 0) is 0 Å². The summed E-state index contributed by atoms with van der Waals surface area (Å²) >= 11 is 0. The van der Waals surface area contributed by atoms with Gasteiger partial charge in [0.25, 0.3) is 0 Å². The van der Waals surface area contributed by atoms with Crippen molar-refractivity contribution < 1.29 is 4.39 Å². The highest BCUT2D eigenvalue weighted by atomic mass is 19.1. The third-order valence-corrected chi connectivity index (χ3v) is 3.18. The van der Waals surface area contributed by atoms with Crippen LogP contribution in [0.5, 0.6) is 0 Å². The minimum Gasteiger partial charge on any atom is -0.379 e. The largest absolute Gasteiger partial charge is 0.379 e. The van der Waals surface area contributed by atoms with Crippen LogP contribution in [0.3, 0.4) is 0 Å². The monoisotopic (exact) mass is 222 g/mol. The summed E-state index contributed by atoms with van der Waals surface area (Å²) in [7, 11) is 0. The lowest BCUT2D eigenvalue weighted by atomic mass is 9.94. The van der Waals surface area contributed by atoms with Crippen molar-refractivity contribution in [2.75, 3.05) is 11.9 Å². The van der Waals surface area contributed by atoms with Gasteiger partial charge in [0, 0.05) is 17.8 Å². The molecule has 0 heterocycles. The fourth-order valence-electron chi connectivity index (χ4n) is 2.03. The van der Waals surface area contributed by atoms with Gasteiger partial charge in [-0.15, -0.1) is 0 Å². The Morgan fingerprint density at radius 1 is 1.38 bits per heavy atom. The van der Waals surface area contributed by atoms with E-state index in [0.717, 1.165) is 18.0 Å². The zero-order chi connectivity index (χ0) is 11.6. The molecule has 1 unspecified atom stereocenters. The van der Waals surface area contributed by atoms with E-state index in [2.05, 4.69) is 12.2 Å². The molecule has 2 rings (SSSR count). The Morgan fingerprint density at radius 3 is 2.50 bits per heavy atom. The summed E-state index contributed by atoms with van der Waals surface area (Å²) in [6.45, 7) is 2.73. The van der Waals surface area contributed by atoms with E-state index < -0.39 is 0 Å². The van der Waals surface area contributed by atoms with Gasteiger partial charge in [0.05, 0.1) is 0 Å². The van der Waals surface area contributed by atoms with Crippen LogP contribution in [0.1, 0.15) is 26.2 Å². The molecule has 2 nitrogen and oxygen atoms in total. The molecule has 0 aromatic heterocycles. The fourth-order valence-corrected chi connectivity index (χ4v) is 2.03. The molecule has 0 radical (unpaired) electrons. The minimum absolute atomic E-state index is 0.0704. The molecule has 3 N–H and O–H groups in total. The maximum absolute atomic E-state index is 12.8. The van der Waals surface area contributed by atoms with Crippen molar-refractivity contribution in [2.24, 2.45) is 11.7 Å². The van der Waals surface area contributed by atoms with E-state index in [-0.39, 0.29) is 11.4 Å². The van der Waals surface area contributed by atoms with Gasteiger partial charge in [-0.05, 0) is 43.5 Å². The first-order valence-electron chi connectivity index (χ1n) is 5.85. The number of nitrogens with one attached hydrogen (secondary N) is 1.